The molecular formula is C30H41N5O6. The summed E-state index contributed by atoms with van der Waals surface area (Å²) < 4.78 is 10.9. The molecule has 2 saturated heterocycles. The number of benzene rings is 1. The smallest absolute Gasteiger partial charge is 0.268 e. The Balaban J connectivity index is 1.29. The molecular weight excluding hydrogens is 526 g/mol. The van der Waals surface area contributed by atoms with Gasteiger partial charge >= 0.3 is 0 Å². The molecule has 1 aromatic heterocycles. The van der Waals surface area contributed by atoms with E-state index in [1.54, 1.807) is 13.2 Å². The maximum Gasteiger partial charge on any atom is 0.268 e. The first-order valence-electron chi connectivity index (χ1n) is 14.7. The van der Waals surface area contributed by atoms with Crippen molar-refractivity contribution in [3.8, 4) is 5.75 Å². The fraction of sp³-hybridized carbons (Fsp3) is 0.600. The molecule has 1 aliphatic carbocycles. The molecule has 0 unspecified atom stereocenters. The topological polar surface area (TPSA) is 165 Å². The first-order chi connectivity index (χ1) is 19.8. The number of nitrogens with two attached hydrogens (primary N) is 1. The van der Waals surface area contributed by atoms with Gasteiger partial charge in [0.1, 0.15) is 23.5 Å². The third kappa shape index (κ3) is 6.66. The van der Waals surface area contributed by atoms with E-state index in [1.807, 2.05) is 18.2 Å². The van der Waals surface area contributed by atoms with E-state index in [0.29, 0.717) is 37.5 Å². The SMILES string of the molecule is COc1cccc2[nH]c(C(=O)N[C@@H](CC3CCCCC3)C(=O)N[C@@H](C[C@@H]3CC4(CCOCC4)NC3=O)C(N)=O)cc12. The van der Waals surface area contributed by atoms with Gasteiger partial charge in [0.05, 0.1) is 7.11 Å². The third-order valence-electron chi connectivity index (χ3n) is 9.03. The van der Waals surface area contributed by atoms with Crippen molar-refractivity contribution in [2.45, 2.75) is 81.8 Å². The third-order valence-corrected chi connectivity index (χ3v) is 9.03. The Bertz CT molecular complexity index is 1280. The van der Waals surface area contributed by atoms with Crippen molar-refractivity contribution in [1.82, 2.24) is 20.9 Å². The lowest BCUT2D eigenvalue weighted by Crippen LogP contribution is -2.54. The van der Waals surface area contributed by atoms with Gasteiger partial charge in [-0.05, 0) is 56.2 Å². The van der Waals surface area contributed by atoms with Gasteiger partial charge in [-0.25, -0.2) is 0 Å². The average Bonchev–Trinajstić information content (AvgIpc) is 3.53. The second kappa shape index (κ2) is 12.5. The summed E-state index contributed by atoms with van der Waals surface area (Å²) in [7, 11) is 1.57. The monoisotopic (exact) mass is 567 g/mol. The van der Waals surface area contributed by atoms with Crippen LogP contribution in [-0.4, -0.2) is 66.6 Å². The van der Waals surface area contributed by atoms with E-state index in [9.17, 15) is 19.2 Å². The molecule has 11 heteroatoms. The molecule has 1 aromatic carbocycles. The summed E-state index contributed by atoms with van der Waals surface area (Å²) in [5, 5.41) is 9.55. The van der Waals surface area contributed by atoms with Gasteiger partial charge in [-0.3, -0.25) is 19.2 Å². The molecule has 41 heavy (non-hydrogen) atoms. The van der Waals surface area contributed by atoms with Crippen molar-refractivity contribution >= 4 is 34.5 Å². The van der Waals surface area contributed by atoms with E-state index in [4.69, 9.17) is 15.2 Å². The Labute approximate surface area is 239 Å². The van der Waals surface area contributed by atoms with E-state index in [1.165, 1.54) is 0 Å². The largest absolute Gasteiger partial charge is 0.496 e. The molecule has 4 amide bonds. The van der Waals surface area contributed by atoms with Gasteiger partial charge in [-0.2, -0.15) is 0 Å². The van der Waals surface area contributed by atoms with Gasteiger partial charge < -0.3 is 36.1 Å². The molecule has 1 saturated carbocycles. The van der Waals surface area contributed by atoms with Gasteiger partial charge in [-0.1, -0.05) is 38.2 Å². The molecule has 6 N–H and O–H groups in total. The number of nitrogens with one attached hydrogen (secondary N) is 4. The zero-order valence-electron chi connectivity index (χ0n) is 23.6. The summed E-state index contributed by atoms with van der Waals surface area (Å²) in [5.74, 6) is -1.26. The molecule has 3 aliphatic rings. The maximum atomic E-state index is 13.6. The van der Waals surface area contributed by atoms with Crippen LogP contribution >= 0.6 is 0 Å². The van der Waals surface area contributed by atoms with Crippen LogP contribution in [0.25, 0.3) is 10.9 Å². The first-order valence-corrected chi connectivity index (χ1v) is 14.7. The minimum atomic E-state index is -1.03. The molecule has 2 aromatic rings. The summed E-state index contributed by atoms with van der Waals surface area (Å²) in [4.78, 5) is 55.4. The van der Waals surface area contributed by atoms with Crippen molar-refractivity contribution in [1.29, 1.82) is 0 Å². The number of primary amides is 1. The Hall–Kier alpha value is -3.60. The standard InChI is InChI=1S/C30H41N5O6/c1-40-25-9-5-8-21-20(25)16-24(32-21)29(39)34-23(14-18-6-3-2-4-7-18)28(38)33-22(26(31)36)15-19-17-30(35-27(19)37)10-12-41-13-11-30/h5,8-9,16,18-19,22-23,32H,2-4,6-7,10-15,17H2,1H3,(H2,31,36)(H,33,38)(H,34,39)(H,35,37)/t19-,22+,23+/m1/s1. The van der Waals surface area contributed by atoms with E-state index in [2.05, 4.69) is 20.9 Å². The summed E-state index contributed by atoms with van der Waals surface area (Å²) in [6.45, 7) is 1.16. The zero-order valence-corrected chi connectivity index (χ0v) is 23.6. The number of aromatic nitrogens is 1. The number of ether oxygens (including phenoxy) is 2. The molecule has 3 atom stereocenters. The van der Waals surface area contributed by atoms with E-state index >= 15 is 0 Å². The maximum absolute atomic E-state index is 13.6. The lowest BCUT2D eigenvalue weighted by atomic mass is 9.83. The predicted molar refractivity (Wildman–Crippen MR) is 152 cm³/mol. The Morgan fingerprint density at radius 3 is 2.56 bits per heavy atom. The number of hydrogen-bond acceptors (Lipinski definition) is 6. The van der Waals surface area contributed by atoms with E-state index in [-0.39, 0.29) is 23.8 Å². The van der Waals surface area contributed by atoms with Crippen LogP contribution in [-0.2, 0) is 19.1 Å². The lowest BCUT2D eigenvalue weighted by Gasteiger charge is -2.33. The predicted octanol–water partition coefficient (Wildman–Crippen LogP) is 2.29. The van der Waals surface area contributed by atoms with Crippen LogP contribution in [0.2, 0.25) is 0 Å². The van der Waals surface area contributed by atoms with Crippen molar-refractivity contribution < 1.29 is 28.7 Å². The Morgan fingerprint density at radius 1 is 1.10 bits per heavy atom. The molecule has 0 bridgehead atoms. The van der Waals surface area contributed by atoms with Crippen LogP contribution in [0.1, 0.15) is 74.7 Å². The summed E-state index contributed by atoms with van der Waals surface area (Å²) in [5.41, 5.74) is 6.44. The van der Waals surface area contributed by atoms with Crippen LogP contribution in [0.4, 0.5) is 0 Å². The van der Waals surface area contributed by atoms with Crippen LogP contribution in [0.5, 0.6) is 5.75 Å². The van der Waals surface area contributed by atoms with Crippen molar-refractivity contribution in [3.05, 3.63) is 30.0 Å². The van der Waals surface area contributed by atoms with Crippen LogP contribution in [0.15, 0.2) is 24.3 Å². The summed E-state index contributed by atoms with van der Waals surface area (Å²) >= 11 is 0. The summed E-state index contributed by atoms with van der Waals surface area (Å²) in [6, 6.07) is 5.31. The minimum Gasteiger partial charge on any atom is -0.496 e. The number of hydrogen-bond donors (Lipinski definition) is 5. The molecule has 1 spiro atoms. The van der Waals surface area contributed by atoms with Gasteiger partial charge in [-0.15, -0.1) is 0 Å². The Morgan fingerprint density at radius 2 is 1.85 bits per heavy atom. The highest BCUT2D eigenvalue weighted by molar-refractivity contribution is 6.01. The summed E-state index contributed by atoms with van der Waals surface area (Å²) in [6.07, 6.45) is 7.88. The fourth-order valence-electron chi connectivity index (χ4n) is 6.71. The van der Waals surface area contributed by atoms with E-state index in [0.717, 1.165) is 55.8 Å². The average molecular weight is 568 g/mol. The number of amides is 4. The molecule has 0 radical (unpaired) electrons. The minimum absolute atomic E-state index is 0.113. The number of methoxy groups -OCH3 is 1. The number of rotatable bonds is 10. The van der Waals surface area contributed by atoms with Crippen molar-refractivity contribution in [2.75, 3.05) is 20.3 Å². The Kier molecular flexibility index (Phi) is 8.82. The zero-order chi connectivity index (χ0) is 29.0. The molecule has 5 rings (SSSR count). The van der Waals surface area contributed by atoms with Crippen LogP contribution < -0.4 is 26.4 Å². The molecule has 222 valence electrons. The molecule has 3 heterocycles. The van der Waals surface area contributed by atoms with Crippen molar-refractivity contribution in [3.63, 3.8) is 0 Å². The number of aromatic amines is 1. The van der Waals surface area contributed by atoms with Gasteiger partial charge in [0.25, 0.3) is 5.91 Å². The van der Waals surface area contributed by atoms with Crippen molar-refractivity contribution in [2.24, 2.45) is 17.6 Å². The number of carbonyl (C=O) groups excluding carboxylic acids is 4. The second-order valence-electron chi connectivity index (χ2n) is 11.9. The normalized spacial score (nSPS) is 22.2. The lowest BCUT2D eigenvalue weighted by molar-refractivity contribution is -0.130. The fourth-order valence-corrected chi connectivity index (χ4v) is 6.71. The highest BCUT2D eigenvalue weighted by Gasteiger charge is 2.46. The highest BCUT2D eigenvalue weighted by Crippen LogP contribution is 2.36. The molecule has 2 aliphatic heterocycles. The number of H-pyrrole nitrogens is 1. The number of carbonyl (C=O) groups is 4. The quantitative estimate of drug-likeness (QED) is 0.296. The van der Waals surface area contributed by atoms with Gasteiger partial charge in [0.2, 0.25) is 17.7 Å². The van der Waals surface area contributed by atoms with Crippen LogP contribution in [0.3, 0.4) is 0 Å². The van der Waals surface area contributed by atoms with Gasteiger partial charge in [0, 0.05) is 35.6 Å². The van der Waals surface area contributed by atoms with Crippen LogP contribution in [0, 0.1) is 11.8 Å². The molecule has 11 nitrogen and oxygen atoms in total. The first kappa shape index (κ1) is 28.9. The molecule has 3 fully saturated rings. The highest BCUT2D eigenvalue weighted by atomic mass is 16.5. The van der Waals surface area contributed by atoms with E-state index < -0.39 is 35.7 Å². The number of fused-ring (bicyclic) bond motifs is 1. The van der Waals surface area contributed by atoms with Gasteiger partial charge in [0.15, 0.2) is 0 Å². The second-order valence-corrected chi connectivity index (χ2v) is 11.9.